The van der Waals surface area contributed by atoms with E-state index in [1.807, 2.05) is 0 Å². The van der Waals surface area contributed by atoms with E-state index >= 15 is 0 Å². The Labute approximate surface area is 140 Å². The summed E-state index contributed by atoms with van der Waals surface area (Å²) in [5, 5.41) is 14.2. The zero-order valence-electron chi connectivity index (χ0n) is 14.9. The second-order valence-electron chi connectivity index (χ2n) is 9.72. The van der Waals surface area contributed by atoms with Crippen LogP contribution in [0, 0.1) is 39.4 Å². The number of hydrogen-bond acceptors (Lipinski definition) is 3. The molecule has 0 aromatic heterocycles. The normalized spacial score (nSPS) is 55.6. The van der Waals surface area contributed by atoms with E-state index in [9.17, 15) is 10.0 Å². The van der Waals surface area contributed by atoms with E-state index in [4.69, 9.17) is 0 Å². The fourth-order valence-corrected chi connectivity index (χ4v) is 7.77. The third kappa shape index (κ3) is 2.04. The van der Waals surface area contributed by atoms with Gasteiger partial charge < -0.3 is 5.11 Å². The Morgan fingerprint density at radius 2 is 1.74 bits per heavy atom. The topological polar surface area (TPSA) is 49.7 Å². The number of nitroso groups, excluding NO2 is 1. The maximum atomic E-state index is 11.1. The predicted molar refractivity (Wildman–Crippen MR) is 92.0 cm³/mol. The highest BCUT2D eigenvalue weighted by molar-refractivity contribution is 5.14. The van der Waals surface area contributed by atoms with Crippen LogP contribution < -0.4 is 0 Å². The maximum Gasteiger partial charge on any atom is 0.110 e. The van der Waals surface area contributed by atoms with E-state index in [-0.39, 0.29) is 12.0 Å². The van der Waals surface area contributed by atoms with Crippen molar-refractivity contribution in [2.45, 2.75) is 83.7 Å². The first-order valence-electron chi connectivity index (χ1n) is 9.96. The molecule has 0 aliphatic heterocycles. The second-order valence-corrected chi connectivity index (χ2v) is 9.72. The Kier molecular flexibility index (Phi) is 3.68. The fourth-order valence-electron chi connectivity index (χ4n) is 7.77. The van der Waals surface area contributed by atoms with Crippen LogP contribution >= 0.6 is 0 Å². The molecule has 4 saturated carbocycles. The summed E-state index contributed by atoms with van der Waals surface area (Å²) in [5.74, 6) is 3.17. The average molecular weight is 319 g/mol. The summed E-state index contributed by atoms with van der Waals surface area (Å²) in [5.41, 5.74) is -0.374. The first kappa shape index (κ1) is 16.1. The molecule has 7 atom stereocenters. The van der Waals surface area contributed by atoms with Crippen LogP contribution in [0.3, 0.4) is 0 Å². The van der Waals surface area contributed by atoms with Crippen molar-refractivity contribution in [2.75, 3.05) is 6.54 Å². The largest absolute Gasteiger partial charge is 0.387 e. The quantitative estimate of drug-likeness (QED) is 0.735. The Balaban J connectivity index is 1.64. The van der Waals surface area contributed by atoms with Crippen LogP contribution in [0.15, 0.2) is 5.18 Å². The standard InChI is InChI=1S/C20H33NO2/c1-18-10-4-3-5-14(18)6-7-15-16(18)8-11-19(2)17(15)9-12-20(19,22)13-21-23/h14-17,22H,3-13H2,1-2H3/t14?,15-,16-,17+,18+,19+,20?/m1/s1. The molecule has 23 heavy (non-hydrogen) atoms. The highest BCUT2D eigenvalue weighted by Crippen LogP contribution is 2.68. The minimum absolute atomic E-state index is 0.0834. The molecule has 0 aromatic carbocycles. The van der Waals surface area contributed by atoms with E-state index < -0.39 is 5.60 Å². The molecule has 0 heterocycles. The van der Waals surface area contributed by atoms with Gasteiger partial charge in [-0.1, -0.05) is 31.9 Å². The molecule has 4 rings (SSSR count). The minimum Gasteiger partial charge on any atom is -0.387 e. The maximum absolute atomic E-state index is 11.1. The molecule has 4 aliphatic carbocycles. The van der Waals surface area contributed by atoms with E-state index in [1.165, 1.54) is 44.9 Å². The van der Waals surface area contributed by atoms with E-state index in [1.54, 1.807) is 0 Å². The first-order valence-corrected chi connectivity index (χ1v) is 9.96. The molecule has 4 fully saturated rings. The van der Waals surface area contributed by atoms with Gasteiger partial charge in [-0.05, 0) is 80.5 Å². The van der Waals surface area contributed by atoms with Gasteiger partial charge in [0.15, 0.2) is 0 Å². The van der Waals surface area contributed by atoms with Gasteiger partial charge in [-0.3, -0.25) is 0 Å². The number of nitrogens with zero attached hydrogens (tertiary/aromatic N) is 1. The molecule has 0 radical (unpaired) electrons. The molecule has 0 spiro atoms. The van der Waals surface area contributed by atoms with E-state index in [2.05, 4.69) is 19.0 Å². The van der Waals surface area contributed by atoms with Crippen molar-refractivity contribution in [2.24, 2.45) is 39.7 Å². The van der Waals surface area contributed by atoms with E-state index in [0.29, 0.717) is 11.3 Å². The molecule has 4 aliphatic rings. The molecule has 3 nitrogen and oxygen atoms in total. The number of rotatable bonds is 2. The van der Waals surface area contributed by atoms with Crippen molar-refractivity contribution >= 4 is 0 Å². The Hall–Kier alpha value is -0.440. The Bertz CT molecular complexity index is 494. The van der Waals surface area contributed by atoms with Crippen LogP contribution in [0.25, 0.3) is 0 Å². The smallest absolute Gasteiger partial charge is 0.110 e. The fraction of sp³-hybridized carbons (Fsp3) is 1.00. The van der Waals surface area contributed by atoms with Gasteiger partial charge >= 0.3 is 0 Å². The molecule has 0 saturated heterocycles. The van der Waals surface area contributed by atoms with Crippen molar-refractivity contribution in [1.82, 2.24) is 0 Å². The van der Waals surface area contributed by atoms with Gasteiger partial charge in [0.05, 0.1) is 5.60 Å². The number of hydrogen-bond donors (Lipinski definition) is 1. The lowest BCUT2D eigenvalue weighted by Crippen LogP contribution is -2.56. The molecule has 3 heteroatoms. The number of aliphatic hydroxyl groups is 1. The summed E-state index contributed by atoms with van der Waals surface area (Å²) in [4.78, 5) is 10.9. The van der Waals surface area contributed by atoms with Gasteiger partial charge in [-0.25, -0.2) is 0 Å². The molecular weight excluding hydrogens is 286 g/mol. The molecule has 2 unspecified atom stereocenters. The van der Waals surface area contributed by atoms with Crippen molar-refractivity contribution in [3.05, 3.63) is 4.91 Å². The lowest BCUT2D eigenvalue weighted by Gasteiger charge is -2.61. The van der Waals surface area contributed by atoms with Gasteiger partial charge in [0, 0.05) is 5.41 Å². The number of fused-ring (bicyclic) bond motifs is 5. The van der Waals surface area contributed by atoms with Crippen LogP contribution in [0.1, 0.15) is 78.1 Å². The van der Waals surface area contributed by atoms with Crippen LogP contribution in [-0.2, 0) is 0 Å². The summed E-state index contributed by atoms with van der Waals surface area (Å²) in [7, 11) is 0. The van der Waals surface area contributed by atoms with Crippen LogP contribution in [0.4, 0.5) is 0 Å². The van der Waals surface area contributed by atoms with Gasteiger partial charge in [0.2, 0.25) is 0 Å². The third-order valence-corrected chi connectivity index (χ3v) is 9.23. The van der Waals surface area contributed by atoms with Crippen molar-refractivity contribution < 1.29 is 5.11 Å². The molecule has 130 valence electrons. The average Bonchev–Trinajstić information content (AvgIpc) is 2.79. The zero-order valence-corrected chi connectivity index (χ0v) is 14.9. The lowest BCUT2D eigenvalue weighted by atomic mass is 9.44. The SMILES string of the molecule is C[C@]12CCCCC1CC[C@@H]1[C@H]2CC[C@@]2(C)[C@H]1CCC2(O)CN=O. The Morgan fingerprint density at radius 1 is 0.957 bits per heavy atom. The van der Waals surface area contributed by atoms with E-state index in [0.717, 1.165) is 37.0 Å². The van der Waals surface area contributed by atoms with Crippen molar-refractivity contribution in [3.8, 4) is 0 Å². The van der Waals surface area contributed by atoms with Crippen LogP contribution in [-0.4, -0.2) is 17.3 Å². The Morgan fingerprint density at radius 3 is 2.52 bits per heavy atom. The lowest BCUT2D eigenvalue weighted by molar-refractivity contribution is -0.147. The summed E-state index contributed by atoms with van der Waals surface area (Å²) < 4.78 is 0. The highest BCUT2D eigenvalue weighted by Gasteiger charge is 2.64. The van der Waals surface area contributed by atoms with Gasteiger partial charge in [-0.2, -0.15) is 4.91 Å². The minimum atomic E-state index is -0.839. The van der Waals surface area contributed by atoms with Gasteiger partial charge in [-0.15, -0.1) is 0 Å². The van der Waals surface area contributed by atoms with Crippen molar-refractivity contribution in [3.63, 3.8) is 0 Å². The molecular formula is C20H33NO2. The molecule has 0 bridgehead atoms. The monoisotopic (exact) mass is 319 g/mol. The first-order chi connectivity index (χ1) is 10.9. The van der Waals surface area contributed by atoms with Crippen molar-refractivity contribution in [1.29, 1.82) is 0 Å². The summed E-state index contributed by atoms with van der Waals surface area (Å²) >= 11 is 0. The molecule has 0 aromatic rings. The predicted octanol–water partition coefficient (Wildman–Crippen LogP) is 4.92. The zero-order chi connectivity index (χ0) is 16.3. The third-order valence-electron chi connectivity index (χ3n) is 9.23. The highest BCUT2D eigenvalue weighted by atomic mass is 16.3. The summed E-state index contributed by atoms with van der Waals surface area (Å²) in [6.45, 7) is 4.95. The van der Waals surface area contributed by atoms with Gasteiger partial charge in [0.1, 0.15) is 6.54 Å². The van der Waals surface area contributed by atoms with Gasteiger partial charge in [0.25, 0.3) is 0 Å². The van der Waals surface area contributed by atoms with Crippen LogP contribution in [0.2, 0.25) is 0 Å². The van der Waals surface area contributed by atoms with Crippen LogP contribution in [0.5, 0.6) is 0 Å². The second kappa shape index (κ2) is 5.28. The molecule has 0 amide bonds. The molecule has 1 N–H and O–H groups in total. The summed E-state index contributed by atoms with van der Waals surface area (Å²) in [6, 6.07) is 0. The summed E-state index contributed by atoms with van der Waals surface area (Å²) in [6.07, 6.45) is 12.7.